The van der Waals surface area contributed by atoms with Crippen LogP contribution < -0.4 is 0 Å². The van der Waals surface area contributed by atoms with E-state index in [1.807, 2.05) is 37.3 Å². The molecule has 0 bridgehead atoms. The number of nitrogens with zero attached hydrogens (tertiary/aromatic N) is 2. The molecule has 0 unspecified atom stereocenters. The van der Waals surface area contributed by atoms with Crippen molar-refractivity contribution in [3.63, 3.8) is 0 Å². The largest absolute Gasteiger partial charge is 0.465 e. The highest BCUT2D eigenvalue weighted by Gasteiger charge is 2.21. The Morgan fingerprint density at radius 2 is 1.74 bits per heavy atom. The lowest BCUT2D eigenvalue weighted by atomic mass is 10.1. The van der Waals surface area contributed by atoms with Crippen molar-refractivity contribution in [2.75, 3.05) is 7.11 Å². The summed E-state index contributed by atoms with van der Waals surface area (Å²) in [6.07, 6.45) is 0. The van der Waals surface area contributed by atoms with Crippen LogP contribution in [-0.4, -0.2) is 28.8 Å². The third-order valence-corrected chi connectivity index (χ3v) is 4.21. The lowest BCUT2D eigenvalue weighted by Crippen LogP contribution is -2.09. The number of carbonyl (C=O) groups is 2. The van der Waals surface area contributed by atoms with E-state index in [0.717, 1.165) is 5.69 Å². The van der Waals surface area contributed by atoms with Gasteiger partial charge in [-0.15, -0.1) is 0 Å². The molecule has 6 heteroatoms. The van der Waals surface area contributed by atoms with Crippen LogP contribution >= 0.6 is 0 Å². The molecule has 0 saturated carbocycles. The summed E-state index contributed by atoms with van der Waals surface area (Å²) in [6, 6.07) is 16.4. The van der Waals surface area contributed by atoms with Crippen molar-refractivity contribution in [2.24, 2.45) is 0 Å². The van der Waals surface area contributed by atoms with E-state index >= 15 is 0 Å². The first-order valence-corrected chi connectivity index (χ1v) is 8.47. The zero-order valence-electron chi connectivity index (χ0n) is 15.4. The number of esters is 2. The number of para-hydroxylation sites is 1. The van der Waals surface area contributed by atoms with Crippen LogP contribution in [0.2, 0.25) is 0 Å². The van der Waals surface area contributed by atoms with Gasteiger partial charge in [-0.05, 0) is 43.7 Å². The van der Waals surface area contributed by atoms with E-state index in [1.165, 1.54) is 7.11 Å². The Balaban J connectivity index is 1.78. The molecule has 0 N–H and O–H groups in total. The molecule has 0 amide bonds. The monoisotopic (exact) mass is 364 g/mol. The van der Waals surface area contributed by atoms with Crippen molar-refractivity contribution in [1.82, 2.24) is 9.78 Å². The van der Waals surface area contributed by atoms with Gasteiger partial charge in [-0.2, -0.15) is 5.10 Å². The molecular weight excluding hydrogens is 344 g/mol. The number of aromatic nitrogens is 2. The van der Waals surface area contributed by atoms with Gasteiger partial charge in [0.1, 0.15) is 12.2 Å². The van der Waals surface area contributed by atoms with Crippen LogP contribution in [-0.2, 0) is 16.1 Å². The fraction of sp³-hybridized carbons (Fsp3) is 0.190. The van der Waals surface area contributed by atoms with Crippen molar-refractivity contribution >= 4 is 11.9 Å². The van der Waals surface area contributed by atoms with E-state index < -0.39 is 11.9 Å². The predicted molar refractivity (Wildman–Crippen MR) is 99.9 cm³/mol. The van der Waals surface area contributed by atoms with Gasteiger partial charge in [-0.3, -0.25) is 0 Å². The summed E-state index contributed by atoms with van der Waals surface area (Å²) < 4.78 is 11.9. The third-order valence-electron chi connectivity index (χ3n) is 4.21. The lowest BCUT2D eigenvalue weighted by Gasteiger charge is -2.07. The van der Waals surface area contributed by atoms with Gasteiger partial charge in [0.05, 0.1) is 29.7 Å². The van der Waals surface area contributed by atoms with Gasteiger partial charge < -0.3 is 9.47 Å². The molecule has 1 heterocycles. The molecule has 0 aliphatic rings. The molecule has 6 nitrogen and oxygen atoms in total. The van der Waals surface area contributed by atoms with Crippen LogP contribution in [0.4, 0.5) is 0 Å². The summed E-state index contributed by atoms with van der Waals surface area (Å²) in [4.78, 5) is 24.2. The van der Waals surface area contributed by atoms with Crippen molar-refractivity contribution in [1.29, 1.82) is 0 Å². The molecule has 0 fully saturated rings. The summed E-state index contributed by atoms with van der Waals surface area (Å²) in [7, 11) is 1.32. The van der Waals surface area contributed by atoms with Crippen LogP contribution in [0.25, 0.3) is 5.69 Å². The Bertz CT molecular complexity index is 977. The topological polar surface area (TPSA) is 70.4 Å². The summed E-state index contributed by atoms with van der Waals surface area (Å²) >= 11 is 0. The Kier molecular flexibility index (Phi) is 5.35. The molecule has 0 atom stereocenters. The third kappa shape index (κ3) is 3.89. The van der Waals surface area contributed by atoms with E-state index in [2.05, 4.69) is 5.10 Å². The maximum absolute atomic E-state index is 12.6. The smallest absolute Gasteiger partial charge is 0.342 e. The van der Waals surface area contributed by atoms with Crippen molar-refractivity contribution in [2.45, 2.75) is 20.5 Å². The molecule has 2 aromatic carbocycles. The van der Waals surface area contributed by atoms with Crippen LogP contribution in [0, 0.1) is 13.8 Å². The van der Waals surface area contributed by atoms with E-state index in [-0.39, 0.29) is 6.61 Å². The Labute approximate surface area is 157 Å². The maximum Gasteiger partial charge on any atom is 0.342 e. The number of carbonyl (C=O) groups excluding carboxylic acids is 2. The van der Waals surface area contributed by atoms with Crippen LogP contribution in [0.5, 0.6) is 0 Å². The van der Waals surface area contributed by atoms with E-state index in [9.17, 15) is 9.59 Å². The Hall–Kier alpha value is -3.41. The minimum absolute atomic E-state index is 0.0546. The van der Waals surface area contributed by atoms with Gasteiger partial charge >= 0.3 is 11.9 Å². The second-order valence-corrected chi connectivity index (χ2v) is 6.06. The number of benzene rings is 2. The molecule has 3 rings (SSSR count). The normalized spacial score (nSPS) is 10.5. The fourth-order valence-corrected chi connectivity index (χ4v) is 2.89. The Morgan fingerprint density at radius 3 is 2.44 bits per heavy atom. The first-order chi connectivity index (χ1) is 13.0. The first-order valence-electron chi connectivity index (χ1n) is 8.47. The van der Waals surface area contributed by atoms with Crippen LogP contribution in [0.15, 0.2) is 54.6 Å². The van der Waals surface area contributed by atoms with Crippen molar-refractivity contribution < 1.29 is 19.1 Å². The molecule has 0 radical (unpaired) electrons. The fourth-order valence-electron chi connectivity index (χ4n) is 2.89. The summed E-state index contributed by atoms with van der Waals surface area (Å²) in [6.45, 7) is 3.67. The van der Waals surface area contributed by atoms with Crippen molar-refractivity contribution in [3.05, 3.63) is 82.7 Å². The highest BCUT2D eigenvalue weighted by molar-refractivity contribution is 5.92. The van der Waals surface area contributed by atoms with Gasteiger partial charge in [0.25, 0.3) is 0 Å². The SMILES string of the molecule is COC(=O)c1cccc(COC(=O)c2c(C)nn(-c3ccccc3)c2C)c1. The summed E-state index contributed by atoms with van der Waals surface area (Å²) in [5.41, 5.74) is 3.76. The second kappa shape index (κ2) is 7.86. The molecular formula is C21H20N2O4. The summed E-state index contributed by atoms with van der Waals surface area (Å²) in [5.74, 6) is -0.880. The highest BCUT2D eigenvalue weighted by Crippen LogP contribution is 2.19. The molecule has 0 spiro atoms. The number of methoxy groups -OCH3 is 1. The van der Waals surface area contributed by atoms with E-state index in [0.29, 0.717) is 28.1 Å². The lowest BCUT2D eigenvalue weighted by molar-refractivity contribution is 0.0471. The minimum atomic E-state index is -0.448. The number of hydrogen-bond donors (Lipinski definition) is 0. The molecule has 138 valence electrons. The zero-order chi connectivity index (χ0) is 19.4. The average molecular weight is 364 g/mol. The van der Waals surface area contributed by atoms with E-state index in [1.54, 1.807) is 35.9 Å². The minimum Gasteiger partial charge on any atom is -0.465 e. The van der Waals surface area contributed by atoms with E-state index in [4.69, 9.17) is 9.47 Å². The molecule has 0 aliphatic heterocycles. The van der Waals surface area contributed by atoms with Crippen LogP contribution in [0.3, 0.4) is 0 Å². The number of hydrogen-bond acceptors (Lipinski definition) is 5. The van der Waals surface area contributed by atoms with Gasteiger partial charge in [0.15, 0.2) is 0 Å². The average Bonchev–Trinajstić information content (AvgIpc) is 3.00. The first kappa shape index (κ1) is 18.4. The van der Waals surface area contributed by atoms with Crippen molar-refractivity contribution in [3.8, 4) is 5.69 Å². The molecule has 0 aliphatic carbocycles. The second-order valence-electron chi connectivity index (χ2n) is 6.06. The predicted octanol–water partition coefficient (Wildman–Crippen LogP) is 3.63. The molecule has 0 saturated heterocycles. The number of aryl methyl sites for hydroxylation is 1. The molecule has 1 aromatic heterocycles. The van der Waals surface area contributed by atoms with Gasteiger partial charge in [-0.25, -0.2) is 14.3 Å². The number of rotatable bonds is 5. The zero-order valence-corrected chi connectivity index (χ0v) is 15.4. The maximum atomic E-state index is 12.6. The van der Waals surface area contributed by atoms with Gasteiger partial charge in [0, 0.05) is 0 Å². The highest BCUT2D eigenvalue weighted by atomic mass is 16.5. The molecule has 27 heavy (non-hydrogen) atoms. The standard InChI is InChI=1S/C21H20N2O4/c1-14-19(15(2)23(22-14)18-10-5-4-6-11-18)21(25)27-13-16-8-7-9-17(12-16)20(24)26-3/h4-12H,13H2,1-3H3. The van der Waals surface area contributed by atoms with Gasteiger partial charge in [0.2, 0.25) is 0 Å². The number of ether oxygens (including phenoxy) is 2. The summed E-state index contributed by atoms with van der Waals surface area (Å²) in [5, 5.41) is 4.46. The Morgan fingerprint density at radius 1 is 1.00 bits per heavy atom. The van der Waals surface area contributed by atoms with Crippen LogP contribution in [0.1, 0.15) is 37.7 Å². The molecule has 3 aromatic rings. The quantitative estimate of drug-likeness (QED) is 0.647. The van der Waals surface area contributed by atoms with Gasteiger partial charge in [-0.1, -0.05) is 30.3 Å².